The summed E-state index contributed by atoms with van der Waals surface area (Å²) in [4.78, 5) is 25.2. The molecule has 0 heterocycles. The molecule has 49 heavy (non-hydrogen) atoms. The maximum Gasteiger partial charge on any atom is 0.268 e. The van der Waals surface area contributed by atoms with Crippen LogP contribution in [0.25, 0.3) is 0 Å². The van der Waals surface area contributed by atoms with E-state index in [1.807, 2.05) is 21.1 Å². The molecule has 8 nitrogen and oxygen atoms in total. The molecule has 0 bridgehead atoms. The Labute approximate surface area is 301 Å². The van der Waals surface area contributed by atoms with Gasteiger partial charge in [0.1, 0.15) is 13.2 Å². The molecule has 0 aliphatic carbocycles. The van der Waals surface area contributed by atoms with Crippen molar-refractivity contribution in [2.75, 3.05) is 40.9 Å². The fourth-order valence-electron chi connectivity index (χ4n) is 5.20. The number of quaternary nitrogens is 1. The van der Waals surface area contributed by atoms with E-state index in [9.17, 15) is 19.4 Å². The minimum atomic E-state index is -4.57. The van der Waals surface area contributed by atoms with Gasteiger partial charge in [0.05, 0.1) is 39.9 Å². The number of carbonyl (C=O) groups excluding carboxylic acids is 1. The molecular weight excluding hydrogens is 635 g/mol. The topological polar surface area (TPSA) is 108 Å². The number of likely N-dealkylation sites (N-methyl/N-ethyl adjacent to an activating group) is 1. The summed E-state index contributed by atoms with van der Waals surface area (Å²) in [7, 11) is 1.27. The van der Waals surface area contributed by atoms with Gasteiger partial charge in [-0.05, 0) is 51.4 Å². The van der Waals surface area contributed by atoms with Gasteiger partial charge in [0.2, 0.25) is 5.91 Å². The number of nitrogens with zero attached hydrogens (tertiary/aromatic N) is 1. The number of amides is 1. The van der Waals surface area contributed by atoms with Gasteiger partial charge in [-0.2, -0.15) is 0 Å². The summed E-state index contributed by atoms with van der Waals surface area (Å²) in [5.74, 6) is -0.209. The summed E-state index contributed by atoms with van der Waals surface area (Å²) in [6, 6.07) is -0.821. The van der Waals surface area contributed by atoms with Gasteiger partial charge in [-0.15, -0.1) is 0 Å². The summed E-state index contributed by atoms with van der Waals surface area (Å²) in [6.45, 7) is 4.53. The molecule has 2 N–H and O–H groups in total. The van der Waals surface area contributed by atoms with E-state index < -0.39 is 20.0 Å². The average Bonchev–Trinajstić information content (AvgIpc) is 3.04. The van der Waals surface area contributed by atoms with Crippen LogP contribution in [0.4, 0.5) is 0 Å². The molecule has 286 valence electrons. The van der Waals surface area contributed by atoms with E-state index in [4.69, 9.17) is 9.05 Å². The van der Waals surface area contributed by atoms with Crippen molar-refractivity contribution in [3.8, 4) is 0 Å². The van der Waals surface area contributed by atoms with Crippen molar-refractivity contribution in [2.24, 2.45) is 0 Å². The molecule has 3 atom stereocenters. The molecule has 3 unspecified atom stereocenters. The highest BCUT2D eigenvalue weighted by molar-refractivity contribution is 7.45. The van der Waals surface area contributed by atoms with Crippen LogP contribution in [0.2, 0.25) is 0 Å². The van der Waals surface area contributed by atoms with Crippen LogP contribution in [0, 0.1) is 0 Å². The fourth-order valence-corrected chi connectivity index (χ4v) is 5.93. The van der Waals surface area contributed by atoms with Gasteiger partial charge in [0.25, 0.3) is 7.82 Å². The molecule has 0 aromatic carbocycles. The summed E-state index contributed by atoms with van der Waals surface area (Å²) in [5.41, 5.74) is 0. The number of rotatable bonds is 34. The monoisotopic (exact) mass is 711 g/mol. The molecular formula is C40H75N2O6P. The standard InChI is InChI=1S/C40H75N2O6P/c1-6-8-10-12-14-16-18-20-21-22-24-26-28-30-32-34-40(44)41-38(37-48-49(45,46)47-36-35-42(3,4)5)39(43)33-31-29-27-25-23-19-17-15-13-11-9-7-2/h8,10,14,16,20-21,24,26,38-39,43H,6-7,9,11-13,15,17-19,22-23,25,27-37H2,1-5H3,(H-,41,44,45,46)/b10-8-,16-14-,21-20-,26-24-. The first-order chi connectivity index (χ1) is 23.5. The largest absolute Gasteiger partial charge is 0.756 e. The Kier molecular flexibility index (Phi) is 31.4. The molecule has 0 radical (unpaired) electrons. The van der Waals surface area contributed by atoms with Crippen LogP contribution in [0.1, 0.15) is 149 Å². The smallest absolute Gasteiger partial charge is 0.268 e. The van der Waals surface area contributed by atoms with E-state index in [2.05, 4.69) is 67.8 Å². The molecule has 0 aromatic heterocycles. The number of phosphoric ester groups is 1. The molecule has 0 rings (SSSR count). The van der Waals surface area contributed by atoms with Gasteiger partial charge in [-0.3, -0.25) is 9.36 Å². The number of phosphoric acid groups is 1. The van der Waals surface area contributed by atoms with Crippen LogP contribution in [-0.4, -0.2) is 68.5 Å². The molecule has 0 aromatic rings. The normalized spacial score (nSPS) is 15.2. The van der Waals surface area contributed by atoms with Crippen LogP contribution in [0.15, 0.2) is 48.6 Å². The maximum absolute atomic E-state index is 12.8. The van der Waals surface area contributed by atoms with Gasteiger partial charge in [0, 0.05) is 6.42 Å². The van der Waals surface area contributed by atoms with Crippen molar-refractivity contribution >= 4 is 13.7 Å². The third-order valence-electron chi connectivity index (χ3n) is 8.33. The van der Waals surface area contributed by atoms with E-state index in [0.717, 1.165) is 57.8 Å². The molecule has 1 amide bonds. The van der Waals surface area contributed by atoms with Gasteiger partial charge in [-0.25, -0.2) is 0 Å². The van der Waals surface area contributed by atoms with Crippen LogP contribution in [0.5, 0.6) is 0 Å². The van der Waals surface area contributed by atoms with E-state index in [1.54, 1.807) is 0 Å². The maximum atomic E-state index is 12.8. The number of unbranched alkanes of at least 4 members (excludes halogenated alkanes) is 13. The zero-order valence-electron chi connectivity index (χ0n) is 32.1. The number of hydrogen-bond donors (Lipinski definition) is 2. The molecule has 9 heteroatoms. The second kappa shape index (κ2) is 32.4. The van der Waals surface area contributed by atoms with Crippen molar-refractivity contribution in [3.05, 3.63) is 48.6 Å². The summed E-state index contributed by atoms with van der Waals surface area (Å²) in [5, 5.41) is 13.8. The molecule has 0 aliphatic rings. The minimum absolute atomic E-state index is 0.00198. The zero-order chi connectivity index (χ0) is 36.5. The third kappa shape index (κ3) is 34.7. The predicted octanol–water partition coefficient (Wildman–Crippen LogP) is 9.50. The van der Waals surface area contributed by atoms with Gasteiger partial charge in [0.15, 0.2) is 0 Å². The lowest BCUT2D eigenvalue weighted by Gasteiger charge is -2.30. The highest BCUT2D eigenvalue weighted by Crippen LogP contribution is 2.38. The van der Waals surface area contributed by atoms with Crippen molar-refractivity contribution in [1.29, 1.82) is 0 Å². The Hall–Kier alpha value is -1.54. The van der Waals surface area contributed by atoms with Crippen LogP contribution >= 0.6 is 7.82 Å². The highest BCUT2D eigenvalue weighted by Gasteiger charge is 2.24. The Bertz CT molecular complexity index is 944. The Morgan fingerprint density at radius 3 is 1.78 bits per heavy atom. The van der Waals surface area contributed by atoms with E-state index in [1.165, 1.54) is 57.8 Å². The van der Waals surface area contributed by atoms with E-state index in [0.29, 0.717) is 30.3 Å². The SMILES string of the molecule is CC/C=C\C/C=C\C/C=C\C/C=C\CCCCC(=O)NC(COP(=O)([O-])OCC[N+](C)(C)C)C(O)CCCCCCCCCCCCCC. The first-order valence-corrected chi connectivity index (χ1v) is 20.9. The van der Waals surface area contributed by atoms with Crippen LogP contribution in [0.3, 0.4) is 0 Å². The lowest BCUT2D eigenvalue weighted by atomic mass is 10.0. The van der Waals surface area contributed by atoms with E-state index >= 15 is 0 Å². The predicted molar refractivity (Wildman–Crippen MR) is 205 cm³/mol. The number of allylic oxidation sites excluding steroid dienone is 8. The fraction of sp³-hybridized carbons (Fsp3) is 0.775. The first-order valence-electron chi connectivity index (χ1n) is 19.5. The lowest BCUT2D eigenvalue weighted by molar-refractivity contribution is -0.870. The van der Waals surface area contributed by atoms with Crippen molar-refractivity contribution in [3.63, 3.8) is 0 Å². The second-order valence-electron chi connectivity index (χ2n) is 14.3. The zero-order valence-corrected chi connectivity index (χ0v) is 33.0. The second-order valence-corrected chi connectivity index (χ2v) is 15.7. The Balaban J connectivity index is 4.55. The van der Waals surface area contributed by atoms with Crippen molar-refractivity contribution in [2.45, 2.75) is 161 Å². The molecule has 0 saturated heterocycles. The minimum Gasteiger partial charge on any atom is -0.756 e. The number of carbonyl (C=O) groups is 1. The molecule has 0 fully saturated rings. The highest BCUT2D eigenvalue weighted by atomic mass is 31.2. The number of hydrogen-bond acceptors (Lipinski definition) is 6. The van der Waals surface area contributed by atoms with Gasteiger partial charge in [-0.1, -0.05) is 140 Å². The van der Waals surface area contributed by atoms with Gasteiger partial charge >= 0.3 is 0 Å². The summed E-state index contributed by atoms with van der Waals surface area (Å²) >= 11 is 0. The Morgan fingerprint density at radius 2 is 1.24 bits per heavy atom. The quantitative estimate of drug-likeness (QED) is 0.0298. The van der Waals surface area contributed by atoms with Crippen LogP contribution in [-0.2, 0) is 18.4 Å². The number of aliphatic hydroxyl groups is 1. The molecule has 0 aliphatic heterocycles. The van der Waals surface area contributed by atoms with Crippen LogP contribution < -0.4 is 10.2 Å². The van der Waals surface area contributed by atoms with Gasteiger partial charge < -0.3 is 28.8 Å². The first kappa shape index (κ1) is 47.5. The molecule has 0 spiro atoms. The average molecular weight is 711 g/mol. The number of aliphatic hydroxyl groups excluding tert-OH is 1. The van der Waals surface area contributed by atoms with E-state index in [-0.39, 0.29) is 19.1 Å². The molecule has 0 saturated carbocycles. The Morgan fingerprint density at radius 1 is 0.735 bits per heavy atom. The van der Waals surface area contributed by atoms with Crippen molar-refractivity contribution < 1.29 is 32.9 Å². The third-order valence-corrected chi connectivity index (χ3v) is 9.30. The summed E-state index contributed by atoms with van der Waals surface area (Å²) < 4.78 is 23.1. The number of nitrogens with one attached hydrogen (secondary N) is 1. The van der Waals surface area contributed by atoms with Crippen molar-refractivity contribution in [1.82, 2.24) is 5.32 Å². The lowest BCUT2D eigenvalue weighted by Crippen LogP contribution is -2.46. The summed E-state index contributed by atoms with van der Waals surface area (Å²) in [6.07, 6.45) is 38.3.